The second-order valence-electron chi connectivity index (χ2n) is 4.91. The predicted molar refractivity (Wildman–Crippen MR) is 61.9 cm³/mol. The molecule has 0 amide bonds. The highest BCUT2D eigenvalue weighted by Crippen LogP contribution is 2.50. The second kappa shape index (κ2) is 2.90. The zero-order valence-electron chi connectivity index (χ0n) is 8.89. The fourth-order valence-corrected chi connectivity index (χ4v) is 3.22. The molecule has 0 heterocycles. The molecular formula is C12H16ClN. The lowest BCUT2D eigenvalue weighted by Gasteiger charge is -2.20. The van der Waals surface area contributed by atoms with Crippen molar-refractivity contribution in [1.82, 2.24) is 0 Å². The molecule has 1 aromatic rings. The number of halogens is 1. The maximum Gasteiger partial charge on any atom is 0.0447 e. The number of nitrogen functional groups attached to an aromatic ring is 1. The minimum Gasteiger partial charge on any atom is -0.398 e. The van der Waals surface area contributed by atoms with E-state index in [1.807, 2.05) is 12.1 Å². The van der Waals surface area contributed by atoms with Crippen molar-refractivity contribution < 1.29 is 0 Å². The van der Waals surface area contributed by atoms with Crippen molar-refractivity contribution in [3.05, 3.63) is 28.3 Å². The van der Waals surface area contributed by atoms with E-state index in [2.05, 4.69) is 20.8 Å². The monoisotopic (exact) mass is 209 g/mol. The van der Waals surface area contributed by atoms with Gasteiger partial charge in [0.15, 0.2) is 0 Å². The Kier molecular flexibility index (Phi) is 2.04. The van der Waals surface area contributed by atoms with Gasteiger partial charge in [0.05, 0.1) is 0 Å². The van der Waals surface area contributed by atoms with Crippen LogP contribution in [0.25, 0.3) is 0 Å². The molecule has 76 valence electrons. The van der Waals surface area contributed by atoms with Gasteiger partial charge < -0.3 is 5.73 Å². The van der Waals surface area contributed by atoms with Gasteiger partial charge in [-0.05, 0) is 41.0 Å². The van der Waals surface area contributed by atoms with Crippen molar-refractivity contribution in [3.8, 4) is 0 Å². The van der Waals surface area contributed by atoms with E-state index in [0.29, 0.717) is 5.92 Å². The Morgan fingerprint density at radius 3 is 2.64 bits per heavy atom. The third-order valence-electron chi connectivity index (χ3n) is 3.21. The van der Waals surface area contributed by atoms with Crippen molar-refractivity contribution in [1.29, 1.82) is 0 Å². The number of benzene rings is 1. The van der Waals surface area contributed by atoms with Gasteiger partial charge in [0.1, 0.15) is 0 Å². The van der Waals surface area contributed by atoms with Gasteiger partial charge >= 0.3 is 0 Å². The Hall–Kier alpha value is -0.690. The molecule has 0 spiro atoms. The molecule has 1 nitrogen and oxygen atoms in total. The molecule has 0 bridgehead atoms. The third-order valence-corrected chi connectivity index (χ3v) is 3.53. The van der Waals surface area contributed by atoms with Gasteiger partial charge in [-0.2, -0.15) is 0 Å². The van der Waals surface area contributed by atoms with E-state index in [1.54, 1.807) is 0 Å². The highest BCUT2D eigenvalue weighted by atomic mass is 35.5. The van der Waals surface area contributed by atoms with Crippen molar-refractivity contribution in [3.63, 3.8) is 0 Å². The first-order valence-corrected chi connectivity index (χ1v) is 5.39. The van der Waals surface area contributed by atoms with Crippen molar-refractivity contribution in [2.24, 2.45) is 0 Å². The van der Waals surface area contributed by atoms with Gasteiger partial charge in [0, 0.05) is 10.7 Å². The van der Waals surface area contributed by atoms with Crippen LogP contribution >= 0.6 is 11.6 Å². The summed E-state index contributed by atoms with van der Waals surface area (Å²) in [5, 5.41) is 0.864. The highest BCUT2D eigenvalue weighted by Gasteiger charge is 2.37. The van der Waals surface area contributed by atoms with Gasteiger partial charge in [-0.1, -0.05) is 32.4 Å². The first-order valence-electron chi connectivity index (χ1n) is 5.02. The summed E-state index contributed by atoms with van der Waals surface area (Å²) in [6, 6.07) is 3.83. The number of anilines is 1. The summed E-state index contributed by atoms with van der Waals surface area (Å²) in [4.78, 5) is 0. The molecule has 1 aromatic carbocycles. The maximum atomic E-state index is 6.24. The molecule has 1 aliphatic rings. The molecule has 2 rings (SSSR count). The van der Waals surface area contributed by atoms with Gasteiger partial charge in [-0.3, -0.25) is 0 Å². The Balaban J connectivity index is 2.73. The average Bonchev–Trinajstić information content (AvgIpc) is 2.30. The van der Waals surface area contributed by atoms with Gasteiger partial charge in [-0.15, -0.1) is 0 Å². The lowest BCUT2D eigenvalue weighted by Crippen LogP contribution is -2.12. The Bertz CT molecular complexity index is 382. The molecule has 0 radical (unpaired) electrons. The summed E-state index contributed by atoms with van der Waals surface area (Å²) in [6.45, 7) is 6.70. The Morgan fingerprint density at radius 1 is 1.43 bits per heavy atom. The summed E-state index contributed by atoms with van der Waals surface area (Å²) < 4.78 is 0. The van der Waals surface area contributed by atoms with E-state index in [9.17, 15) is 0 Å². The van der Waals surface area contributed by atoms with Crippen LogP contribution in [0.2, 0.25) is 5.02 Å². The lowest BCUT2D eigenvalue weighted by molar-refractivity contribution is 0.489. The smallest absolute Gasteiger partial charge is 0.0447 e. The molecular weight excluding hydrogens is 194 g/mol. The summed E-state index contributed by atoms with van der Waals surface area (Å²) in [7, 11) is 0. The van der Waals surface area contributed by atoms with Crippen molar-refractivity contribution in [2.45, 2.75) is 38.5 Å². The summed E-state index contributed by atoms with van der Waals surface area (Å²) >= 11 is 6.24. The first kappa shape index (κ1) is 9.85. The van der Waals surface area contributed by atoms with E-state index >= 15 is 0 Å². The quantitative estimate of drug-likeness (QED) is 0.648. The zero-order valence-corrected chi connectivity index (χ0v) is 9.65. The summed E-state index contributed by atoms with van der Waals surface area (Å²) in [5.74, 6) is 0.527. The number of nitrogens with two attached hydrogens (primary N) is 1. The van der Waals surface area contributed by atoms with E-state index in [4.69, 9.17) is 17.3 Å². The molecule has 0 fully saturated rings. The Labute approximate surface area is 90.3 Å². The van der Waals surface area contributed by atoms with E-state index < -0.39 is 0 Å². The molecule has 0 saturated heterocycles. The lowest BCUT2D eigenvalue weighted by atomic mass is 9.86. The molecule has 2 heteroatoms. The van der Waals surface area contributed by atoms with Crippen molar-refractivity contribution in [2.75, 3.05) is 5.73 Å². The fourth-order valence-electron chi connectivity index (χ4n) is 2.80. The topological polar surface area (TPSA) is 26.0 Å². The molecule has 14 heavy (non-hydrogen) atoms. The largest absolute Gasteiger partial charge is 0.398 e. The van der Waals surface area contributed by atoms with E-state index in [-0.39, 0.29) is 5.41 Å². The fraction of sp³-hybridized carbons (Fsp3) is 0.500. The number of fused-ring (bicyclic) bond motifs is 1. The van der Waals surface area contributed by atoms with Crippen LogP contribution < -0.4 is 5.73 Å². The second-order valence-corrected chi connectivity index (χ2v) is 5.32. The number of hydrogen-bond acceptors (Lipinski definition) is 1. The van der Waals surface area contributed by atoms with E-state index in [0.717, 1.165) is 17.1 Å². The summed E-state index contributed by atoms with van der Waals surface area (Å²) in [5.41, 5.74) is 9.58. The molecule has 1 aliphatic carbocycles. The van der Waals surface area contributed by atoms with Crippen LogP contribution in [0.1, 0.15) is 44.2 Å². The normalized spacial score (nSPS) is 23.6. The third kappa shape index (κ3) is 1.23. The van der Waals surface area contributed by atoms with Crippen LogP contribution in [0.5, 0.6) is 0 Å². The van der Waals surface area contributed by atoms with Crippen LogP contribution in [-0.4, -0.2) is 0 Å². The minimum atomic E-state index is 0.168. The minimum absolute atomic E-state index is 0.168. The van der Waals surface area contributed by atoms with Gasteiger partial charge in [-0.25, -0.2) is 0 Å². The molecule has 2 N–H and O–H groups in total. The van der Waals surface area contributed by atoms with Crippen LogP contribution in [-0.2, 0) is 5.41 Å². The van der Waals surface area contributed by atoms with E-state index in [1.165, 1.54) is 11.1 Å². The predicted octanol–water partition coefficient (Wildman–Crippen LogP) is 3.71. The molecule has 1 atom stereocenters. The average molecular weight is 210 g/mol. The first-order chi connectivity index (χ1) is 6.43. The molecule has 0 aromatic heterocycles. The SMILES string of the molecule is C[C@@H]1CC(C)(C)c2c(Cl)ccc(N)c21. The standard InChI is InChI=1S/C12H16ClN/c1-7-6-12(2,3)11-8(13)4-5-9(14)10(7)11/h4-5,7H,6,14H2,1-3H3/t7-/m1/s1. The number of rotatable bonds is 0. The highest BCUT2D eigenvalue weighted by molar-refractivity contribution is 6.31. The van der Waals surface area contributed by atoms with Gasteiger partial charge in [0.2, 0.25) is 0 Å². The maximum absolute atomic E-state index is 6.24. The molecule has 0 aliphatic heterocycles. The summed E-state index contributed by atoms with van der Waals surface area (Å²) in [6.07, 6.45) is 1.14. The number of hydrogen-bond donors (Lipinski definition) is 1. The van der Waals surface area contributed by atoms with Crippen LogP contribution in [0.15, 0.2) is 12.1 Å². The van der Waals surface area contributed by atoms with Crippen molar-refractivity contribution >= 4 is 17.3 Å². The van der Waals surface area contributed by atoms with Gasteiger partial charge in [0.25, 0.3) is 0 Å². The molecule has 0 unspecified atom stereocenters. The van der Waals surface area contributed by atoms with Crippen LogP contribution in [0.4, 0.5) is 5.69 Å². The van der Waals surface area contributed by atoms with Crippen LogP contribution in [0.3, 0.4) is 0 Å². The van der Waals surface area contributed by atoms with Crippen LogP contribution in [0, 0.1) is 0 Å². The molecule has 0 saturated carbocycles. The Morgan fingerprint density at radius 2 is 2.07 bits per heavy atom. The zero-order chi connectivity index (χ0) is 10.5.